The van der Waals surface area contributed by atoms with Gasteiger partial charge in [0.15, 0.2) is 0 Å². The molecule has 2 atom stereocenters. The molecule has 2 rings (SSSR count). The Morgan fingerprint density at radius 3 is 2.88 bits per heavy atom. The van der Waals surface area contributed by atoms with Crippen LogP contribution < -0.4 is 11.1 Å². The smallest absolute Gasteiger partial charge is 0.0364 e. The van der Waals surface area contributed by atoms with Crippen molar-refractivity contribution in [2.75, 3.05) is 11.1 Å². The van der Waals surface area contributed by atoms with Crippen LogP contribution in [0.5, 0.6) is 0 Å². The van der Waals surface area contributed by atoms with E-state index >= 15 is 0 Å². The molecule has 0 spiro atoms. The summed E-state index contributed by atoms with van der Waals surface area (Å²) in [6.45, 7) is 4.35. The highest BCUT2D eigenvalue weighted by molar-refractivity contribution is 5.58. The van der Waals surface area contributed by atoms with E-state index in [0.29, 0.717) is 6.04 Å². The van der Waals surface area contributed by atoms with Crippen LogP contribution in [0.15, 0.2) is 18.2 Å². The largest absolute Gasteiger partial charge is 0.398 e. The summed E-state index contributed by atoms with van der Waals surface area (Å²) in [5.41, 5.74) is 9.16. The number of nitrogens with two attached hydrogens (primary N) is 1. The molecule has 0 bridgehead atoms. The lowest BCUT2D eigenvalue weighted by atomic mass is 9.84. The Labute approximate surface area is 105 Å². The zero-order chi connectivity index (χ0) is 12.3. The molecule has 1 aliphatic carbocycles. The summed E-state index contributed by atoms with van der Waals surface area (Å²) in [6, 6.07) is 6.93. The molecular weight excluding hydrogens is 208 g/mol. The molecule has 1 aliphatic rings. The fraction of sp³-hybridized carbons (Fsp3) is 0.600. The SMILES string of the molecule is CCC1CCCC(Nc2ccc(C)c(N)c2)C1. The van der Waals surface area contributed by atoms with Crippen LogP contribution in [-0.4, -0.2) is 6.04 Å². The van der Waals surface area contributed by atoms with E-state index in [1.54, 1.807) is 0 Å². The molecule has 2 nitrogen and oxygen atoms in total. The molecule has 0 radical (unpaired) electrons. The summed E-state index contributed by atoms with van der Waals surface area (Å²) >= 11 is 0. The summed E-state index contributed by atoms with van der Waals surface area (Å²) in [4.78, 5) is 0. The lowest BCUT2D eigenvalue weighted by Crippen LogP contribution is -2.27. The second kappa shape index (κ2) is 5.44. The topological polar surface area (TPSA) is 38.0 Å². The Morgan fingerprint density at radius 2 is 2.18 bits per heavy atom. The molecule has 1 saturated carbocycles. The van der Waals surface area contributed by atoms with Crippen molar-refractivity contribution in [2.45, 2.75) is 52.0 Å². The van der Waals surface area contributed by atoms with E-state index in [1.165, 1.54) is 37.8 Å². The van der Waals surface area contributed by atoms with Gasteiger partial charge in [0.25, 0.3) is 0 Å². The van der Waals surface area contributed by atoms with E-state index in [1.807, 2.05) is 6.92 Å². The summed E-state index contributed by atoms with van der Waals surface area (Å²) in [5.74, 6) is 0.907. The monoisotopic (exact) mass is 232 g/mol. The molecule has 3 N–H and O–H groups in total. The van der Waals surface area contributed by atoms with Gasteiger partial charge in [0.05, 0.1) is 0 Å². The molecule has 0 aliphatic heterocycles. The molecule has 1 aromatic rings. The van der Waals surface area contributed by atoms with E-state index in [4.69, 9.17) is 5.73 Å². The molecule has 0 amide bonds. The Hall–Kier alpha value is -1.18. The first-order valence-corrected chi connectivity index (χ1v) is 6.81. The molecular formula is C15H24N2. The Morgan fingerprint density at radius 1 is 1.35 bits per heavy atom. The summed E-state index contributed by atoms with van der Waals surface area (Å²) < 4.78 is 0. The van der Waals surface area contributed by atoms with E-state index in [0.717, 1.165) is 17.2 Å². The van der Waals surface area contributed by atoms with Gasteiger partial charge in [0.1, 0.15) is 0 Å². The van der Waals surface area contributed by atoms with Gasteiger partial charge in [-0.05, 0) is 43.4 Å². The predicted octanol–water partition coefficient (Wildman–Crippen LogP) is 3.96. The number of anilines is 2. The maximum atomic E-state index is 5.94. The van der Waals surface area contributed by atoms with Gasteiger partial charge in [-0.15, -0.1) is 0 Å². The maximum Gasteiger partial charge on any atom is 0.0364 e. The minimum atomic E-state index is 0.635. The quantitative estimate of drug-likeness (QED) is 0.774. The van der Waals surface area contributed by atoms with Crippen LogP contribution in [0.4, 0.5) is 11.4 Å². The average molecular weight is 232 g/mol. The zero-order valence-electron chi connectivity index (χ0n) is 11.0. The van der Waals surface area contributed by atoms with Crippen molar-refractivity contribution in [3.05, 3.63) is 23.8 Å². The lowest BCUT2D eigenvalue weighted by Gasteiger charge is -2.30. The van der Waals surface area contributed by atoms with Gasteiger partial charge in [-0.2, -0.15) is 0 Å². The molecule has 1 fully saturated rings. The highest BCUT2D eigenvalue weighted by atomic mass is 14.9. The van der Waals surface area contributed by atoms with E-state index < -0.39 is 0 Å². The second-order valence-corrected chi connectivity index (χ2v) is 5.35. The van der Waals surface area contributed by atoms with Gasteiger partial charge in [0.2, 0.25) is 0 Å². The van der Waals surface area contributed by atoms with Crippen LogP contribution >= 0.6 is 0 Å². The summed E-state index contributed by atoms with van der Waals surface area (Å²) in [5, 5.41) is 3.63. The number of hydrogen-bond acceptors (Lipinski definition) is 2. The van der Waals surface area contributed by atoms with Crippen LogP contribution in [-0.2, 0) is 0 Å². The van der Waals surface area contributed by atoms with Crippen molar-refractivity contribution < 1.29 is 0 Å². The molecule has 2 unspecified atom stereocenters. The first-order valence-electron chi connectivity index (χ1n) is 6.81. The van der Waals surface area contributed by atoms with Crippen molar-refractivity contribution in [1.29, 1.82) is 0 Å². The van der Waals surface area contributed by atoms with Crippen LogP contribution in [0.25, 0.3) is 0 Å². The Balaban J connectivity index is 1.97. The van der Waals surface area contributed by atoms with Crippen LogP contribution in [0, 0.1) is 12.8 Å². The third-order valence-electron chi connectivity index (χ3n) is 4.01. The Kier molecular flexibility index (Phi) is 3.93. The average Bonchev–Trinajstić information content (AvgIpc) is 2.34. The third kappa shape index (κ3) is 3.15. The van der Waals surface area contributed by atoms with Crippen LogP contribution in [0.1, 0.15) is 44.6 Å². The molecule has 2 heteroatoms. The van der Waals surface area contributed by atoms with Crippen LogP contribution in [0.2, 0.25) is 0 Å². The number of rotatable bonds is 3. The molecule has 0 aromatic heterocycles. The number of nitrogens with one attached hydrogen (secondary N) is 1. The number of aryl methyl sites for hydroxylation is 1. The first kappa shape index (κ1) is 12.3. The highest BCUT2D eigenvalue weighted by Gasteiger charge is 2.20. The predicted molar refractivity (Wildman–Crippen MR) is 75.3 cm³/mol. The van der Waals surface area contributed by atoms with Crippen molar-refractivity contribution >= 4 is 11.4 Å². The molecule has 1 aromatic carbocycles. The number of nitrogen functional groups attached to an aromatic ring is 1. The Bertz CT molecular complexity index is 373. The van der Waals surface area contributed by atoms with Crippen molar-refractivity contribution in [2.24, 2.45) is 5.92 Å². The molecule has 94 valence electrons. The van der Waals surface area contributed by atoms with Gasteiger partial charge in [-0.25, -0.2) is 0 Å². The van der Waals surface area contributed by atoms with Crippen LogP contribution in [0.3, 0.4) is 0 Å². The minimum Gasteiger partial charge on any atom is -0.398 e. The first-order chi connectivity index (χ1) is 8.19. The third-order valence-corrected chi connectivity index (χ3v) is 4.01. The van der Waals surface area contributed by atoms with E-state index in [9.17, 15) is 0 Å². The van der Waals surface area contributed by atoms with Crippen molar-refractivity contribution in [1.82, 2.24) is 0 Å². The van der Waals surface area contributed by atoms with E-state index in [2.05, 4.69) is 30.4 Å². The maximum absolute atomic E-state index is 5.94. The van der Waals surface area contributed by atoms with E-state index in [-0.39, 0.29) is 0 Å². The van der Waals surface area contributed by atoms with Gasteiger partial charge in [-0.1, -0.05) is 32.3 Å². The molecule has 0 heterocycles. The number of hydrogen-bond donors (Lipinski definition) is 2. The van der Waals surface area contributed by atoms with Gasteiger partial charge in [0, 0.05) is 17.4 Å². The normalized spacial score (nSPS) is 24.6. The zero-order valence-corrected chi connectivity index (χ0v) is 11.0. The summed E-state index contributed by atoms with van der Waals surface area (Å²) in [7, 11) is 0. The van der Waals surface area contributed by atoms with Crippen molar-refractivity contribution in [3.63, 3.8) is 0 Å². The fourth-order valence-electron chi connectivity index (χ4n) is 2.76. The van der Waals surface area contributed by atoms with Gasteiger partial charge < -0.3 is 11.1 Å². The second-order valence-electron chi connectivity index (χ2n) is 5.35. The fourth-order valence-corrected chi connectivity index (χ4v) is 2.76. The minimum absolute atomic E-state index is 0.635. The van der Waals surface area contributed by atoms with Crippen molar-refractivity contribution in [3.8, 4) is 0 Å². The molecule has 0 saturated heterocycles. The lowest BCUT2D eigenvalue weighted by molar-refractivity contribution is 0.327. The standard InChI is InChI=1S/C15H24N2/c1-3-12-5-4-6-13(9-12)17-14-8-7-11(2)15(16)10-14/h7-8,10,12-13,17H,3-6,9,16H2,1-2H3. The molecule has 17 heavy (non-hydrogen) atoms. The number of benzene rings is 1. The van der Waals surface area contributed by atoms with Gasteiger partial charge >= 0.3 is 0 Å². The van der Waals surface area contributed by atoms with Gasteiger partial charge in [-0.3, -0.25) is 0 Å². The highest BCUT2D eigenvalue weighted by Crippen LogP contribution is 2.29. The summed E-state index contributed by atoms with van der Waals surface area (Å²) in [6.07, 6.45) is 6.69.